The van der Waals surface area contributed by atoms with Gasteiger partial charge in [0.25, 0.3) is 5.91 Å². The predicted octanol–water partition coefficient (Wildman–Crippen LogP) is 5.34. The maximum absolute atomic E-state index is 12.4. The Morgan fingerprint density at radius 1 is 0.871 bits per heavy atom. The number of halogens is 1. The standard InChI is InChI=1S/C24H20BrNO5/c1-29-20-11-7-19(8-12-20)26-24(28)16-3-9-21(10-4-16)31-23(27)14-5-17-15-18(25)6-13-22(17)30-2/h3-15H,1-2H3,(H,26,28)/b14-5+. The number of nitrogens with one attached hydrogen (secondary N) is 1. The molecule has 0 spiro atoms. The molecule has 0 heterocycles. The lowest BCUT2D eigenvalue weighted by atomic mass is 10.2. The summed E-state index contributed by atoms with van der Waals surface area (Å²) in [6, 6.07) is 18.8. The number of anilines is 1. The lowest BCUT2D eigenvalue weighted by Crippen LogP contribution is -2.12. The summed E-state index contributed by atoms with van der Waals surface area (Å²) in [6.45, 7) is 0. The molecule has 1 amide bonds. The molecule has 0 aliphatic heterocycles. The van der Waals surface area contributed by atoms with Gasteiger partial charge >= 0.3 is 5.97 Å². The molecule has 0 fully saturated rings. The molecule has 31 heavy (non-hydrogen) atoms. The van der Waals surface area contributed by atoms with Gasteiger partial charge in [-0.25, -0.2) is 4.79 Å². The number of carbonyl (C=O) groups excluding carboxylic acids is 2. The number of amides is 1. The van der Waals surface area contributed by atoms with E-state index >= 15 is 0 Å². The average Bonchev–Trinajstić information content (AvgIpc) is 2.78. The monoisotopic (exact) mass is 481 g/mol. The minimum atomic E-state index is -0.544. The zero-order valence-electron chi connectivity index (χ0n) is 16.9. The Bertz CT molecular complexity index is 1090. The minimum Gasteiger partial charge on any atom is -0.497 e. The fourth-order valence-corrected chi connectivity index (χ4v) is 3.07. The van der Waals surface area contributed by atoms with E-state index in [9.17, 15) is 9.59 Å². The first kappa shape index (κ1) is 22.1. The van der Waals surface area contributed by atoms with Gasteiger partial charge in [0.05, 0.1) is 14.2 Å². The Hall–Kier alpha value is -3.58. The van der Waals surface area contributed by atoms with E-state index in [4.69, 9.17) is 14.2 Å². The van der Waals surface area contributed by atoms with Crippen molar-refractivity contribution in [3.8, 4) is 17.2 Å². The van der Waals surface area contributed by atoms with Crippen molar-refractivity contribution >= 4 is 39.6 Å². The molecule has 0 saturated heterocycles. The van der Waals surface area contributed by atoms with Gasteiger partial charge in [-0.1, -0.05) is 15.9 Å². The third-order valence-corrected chi connectivity index (χ3v) is 4.77. The summed E-state index contributed by atoms with van der Waals surface area (Å²) in [6.07, 6.45) is 2.93. The zero-order valence-corrected chi connectivity index (χ0v) is 18.5. The molecule has 0 unspecified atom stereocenters. The first-order valence-corrected chi connectivity index (χ1v) is 10.1. The van der Waals surface area contributed by atoms with Crippen LogP contribution in [0.5, 0.6) is 17.2 Å². The van der Waals surface area contributed by atoms with Crippen LogP contribution in [-0.2, 0) is 4.79 Å². The van der Waals surface area contributed by atoms with E-state index in [-0.39, 0.29) is 5.91 Å². The summed E-state index contributed by atoms with van der Waals surface area (Å²) in [5, 5.41) is 2.79. The van der Waals surface area contributed by atoms with Gasteiger partial charge in [0.2, 0.25) is 0 Å². The Labute approximate surface area is 188 Å². The highest BCUT2D eigenvalue weighted by Gasteiger charge is 2.08. The molecule has 0 saturated carbocycles. The summed E-state index contributed by atoms with van der Waals surface area (Å²) >= 11 is 3.39. The van der Waals surface area contributed by atoms with E-state index < -0.39 is 5.97 Å². The Morgan fingerprint density at radius 3 is 2.19 bits per heavy atom. The molecule has 6 nitrogen and oxygen atoms in total. The van der Waals surface area contributed by atoms with E-state index in [2.05, 4.69) is 21.2 Å². The fraction of sp³-hybridized carbons (Fsp3) is 0.0833. The highest BCUT2D eigenvalue weighted by molar-refractivity contribution is 9.10. The molecule has 0 atom stereocenters. The molecular formula is C24H20BrNO5. The molecule has 0 bridgehead atoms. The second-order valence-corrected chi connectivity index (χ2v) is 7.26. The lowest BCUT2D eigenvalue weighted by Gasteiger charge is -2.07. The van der Waals surface area contributed by atoms with Crippen LogP contribution in [0.4, 0.5) is 5.69 Å². The predicted molar refractivity (Wildman–Crippen MR) is 123 cm³/mol. The number of hydrogen-bond acceptors (Lipinski definition) is 5. The fourth-order valence-electron chi connectivity index (χ4n) is 2.70. The van der Waals surface area contributed by atoms with Crippen LogP contribution in [0.25, 0.3) is 6.08 Å². The first-order chi connectivity index (χ1) is 15.0. The number of methoxy groups -OCH3 is 2. The van der Waals surface area contributed by atoms with Crippen molar-refractivity contribution in [3.05, 3.63) is 88.4 Å². The van der Waals surface area contributed by atoms with Gasteiger partial charge in [0.1, 0.15) is 17.2 Å². The van der Waals surface area contributed by atoms with E-state index in [0.29, 0.717) is 28.5 Å². The third-order valence-electron chi connectivity index (χ3n) is 4.27. The van der Waals surface area contributed by atoms with Crippen molar-refractivity contribution in [2.45, 2.75) is 0 Å². The van der Waals surface area contributed by atoms with Crippen LogP contribution in [0.3, 0.4) is 0 Å². The summed E-state index contributed by atoms with van der Waals surface area (Å²) in [4.78, 5) is 24.5. The highest BCUT2D eigenvalue weighted by atomic mass is 79.9. The molecular weight excluding hydrogens is 462 g/mol. The van der Waals surface area contributed by atoms with Gasteiger partial charge in [0.15, 0.2) is 0 Å². The topological polar surface area (TPSA) is 73.9 Å². The largest absolute Gasteiger partial charge is 0.497 e. The van der Waals surface area contributed by atoms with Crippen molar-refractivity contribution in [2.75, 3.05) is 19.5 Å². The molecule has 3 aromatic rings. The van der Waals surface area contributed by atoms with E-state index in [0.717, 1.165) is 10.0 Å². The quantitative estimate of drug-likeness (QED) is 0.280. The van der Waals surface area contributed by atoms with Crippen LogP contribution >= 0.6 is 15.9 Å². The highest BCUT2D eigenvalue weighted by Crippen LogP contribution is 2.24. The van der Waals surface area contributed by atoms with Gasteiger partial charge in [-0.2, -0.15) is 0 Å². The van der Waals surface area contributed by atoms with E-state index in [1.807, 2.05) is 12.1 Å². The summed E-state index contributed by atoms with van der Waals surface area (Å²) in [5.74, 6) is 0.857. The molecule has 0 aromatic heterocycles. The maximum Gasteiger partial charge on any atom is 0.336 e. The molecule has 7 heteroatoms. The SMILES string of the molecule is COc1ccc(NC(=O)c2ccc(OC(=O)/C=C/c3cc(Br)ccc3OC)cc2)cc1. The number of esters is 1. The van der Waals surface area contributed by atoms with Crippen LogP contribution in [-0.4, -0.2) is 26.1 Å². The smallest absolute Gasteiger partial charge is 0.336 e. The molecule has 158 valence electrons. The molecule has 1 N–H and O–H groups in total. The van der Waals surface area contributed by atoms with Gasteiger partial charge in [0, 0.05) is 27.4 Å². The minimum absolute atomic E-state index is 0.273. The second-order valence-electron chi connectivity index (χ2n) is 6.35. The van der Waals surface area contributed by atoms with Crippen molar-refractivity contribution in [2.24, 2.45) is 0 Å². The average molecular weight is 482 g/mol. The lowest BCUT2D eigenvalue weighted by molar-refractivity contribution is -0.128. The number of rotatable bonds is 7. The van der Waals surface area contributed by atoms with Crippen LogP contribution < -0.4 is 19.5 Å². The molecule has 3 rings (SSSR count). The van der Waals surface area contributed by atoms with Crippen LogP contribution in [0, 0.1) is 0 Å². The van der Waals surface area contributed by atoms with Crippen molar-refractivity contribution < 1.29 is 23.8 Å². The van der Waals surface area contributed by atoms with Crippen LogP contribution in [0.15, 0.2) is 77.3 Å². The summed E-state index contributed by atoms with van der Waals surface area (Å²) in [5.41, 5.74) is 1.82. The second kappa shape index (κ2) is 10.4. The van der Waals surface area contributed by atoms with Gasteiger partial charge in [-0.15, -0.1) is 0 Å². The maximum atomic E-state index is 12.4. The van der Waals surface area contributed by atoms with Gasteiger partial charge in [-0.3, -0.25) is 4.79 Å². The van der Waals surface area contributed by atoms with Crippen molar-refractivity contribution in [1.29, 1.82) is 0 Å². The number of ether oxygens (including phenoxy) is 3. The zero-order chi connectivity index (χ0) is 22.2. The third kappa shape index (κ3) is 6.20. The number of carbonyl (C=O) groups is 2. The molecule has 0 aliphatic carbocycles. The Morgan fingerprint density at radius 2 is 1.55 bits per heavy atom. The number of benzene rings is 3. The Balaban J connectivity index is 1.60. The normalized spacial score (nSPS) is 10.5. The van der Waals surface area contributed by atoms with E-state index in [1.165, 1.54) is 6.08 Å². The van der Waals surface area contributed by atoms with Crippen molar-refractivity contribution in [3.63, 3.8) is 0 Å². The van der Waals surface area contributed by atoms with Gasteiger partial charge < -0.3 is 19.5 Å². The molecule has 0 radical (unpaired) electrons. The van der Waals surface area contributed by atoms with Gasteiger partial charge in [-0.05, 0) is 72.8 Å². The van der Waals surface area contributed by atoms with Crippen LogP contribution in [0.1, 0.15) is 15.9 Å². The first-order valence-electron chi connectivity index (χ1n) is 9.27. The van der Waals surface area contributed by atoms with Crippen LogP contribution in [0.2, 0.25) is 0 Å². The van der Waals surface area contributed by atoms with Crippen molar-refractivity contribution in [1.82, 2.24) is 0 Å². The van der Waals surface area contributed by atoms with E-state index in [1.54, 1.807) is 74.9 Å². The Kier molecular flexibility index (Phi) is 7.45. The molecule has 3 aromatic carbocycles. The summed E-state index contributed by atoms with van der Waals surface area (Å²) in [7, 11) is 3.14. The molecule has 0 aliphatic rings. The summed E-state index contributed by atoms with van der Waals surface area (Å²) < 4.78 is 16.5. The number of hydrogen-bond donors (Lipinski definition) is 1.